The van der Waals surface area contributed by atoms with Crippen molar-refractivity contribution in [2.24, 2.45) is 4.99 Å². The van der Waals surface area contributed by atoms with Gasteiger partial charge in [0.1, 0.15) is 6.54 Å². The lowest BCUT2D eigenvalue weighted by molar-refractivity contribution is 0.00990. The van der Waals surface area contributed by atoms with Gasteiger partial charge in [0.25, 0.3) is 0 Å². The first-order valence-corrected chi connectivity index (χ1v) is 8.66. The van der Waals surface area contributed by atoms with Gasteiger partial charge in [-0.3, -0.25) is 0 Å². The van der Waals surface area contributed by atoms with E-state index in [0.29, 0.717) is 24.4 Å². The van der Waals surface area contributed by atoms with Gasteiger partial charge in [0.2, 0.25) is 5.89 Å². The van der Waals surface area contributed by atoms with E-state index in [0.717, 1.165) is 58.1 Å². The molecule has 0 aliphatic carbocycles. The van der Waals surface area contributed by atoms with E-state index in [9.17, 15) is 0 Å². The molecule has 0 unspecified atom stereocenters. The fourth-order valence-corrected chi connectivity index (χ4v) is 2.66. The second-order valence-electron chi connectivity index (χ2n) is 5.80. The number of nitrogens with one attached hydrogen (secondary N) is 1. The number of aryl methyl sites for hydroxylation is 1. The van der Waals surface area contributed by atoms with Crippen LogP contribution in [0.25, 0.3) is 0 Å². The average molecular weight is 339 g/mol. The Morgan fingerprint density at radius 3 is 2.79 bits per heavy atom. The molecule has 2 heterocycles. The van der Waals surface area contributed by atoms with Gasteiger partial charge in [-0.2, -0.15) is 4.98 Å². The number of piperidine rings is 1. The van der Waals surface area contributed by atoms with Gasteiger partial charge in [-0.1, -0.05) is 5.16 Å². The van der Waals surface area contributed by atoms with E-state index in [4.69, 9.17) is 14.0 Å². The van der Waals surface area contributed by atoms with Crippen molar-refractivity contribution in [2.75, 3.05) is 40.0 Å². The van der Waals surface area contributed by atoms with Crippen molar-refractivity contribution < 1.29 is 14.0 Å². The minimum Gasteiger partial charge on any atom is -0.385 e. The lowest BCUT2D eigenvalue weighted by atomic mass is 10.1. The Labute approximate surface area is 143 Å². The molecule has 0 radical (unpaired) electrons. The van der Waals surface area contributed by atoms with Gasteiger partial charge < -0.3 is 24.2 Å². The maximum absolute atomic E-state index is 5.91. The normalized spacial score (nSPS) is 16.6. The van der Waals surface area contributed by atoms with Crippen molar-refractivity contribution in [2.45, 2.75) is 45.8 Å². The van der Waals surface area contributed by atoms with Gasteiger partial charge in [0.15, 0.2) is 11.8 Å². The number of rotatable bonds is 8. The molecule has 1 fully saturated rings. The van der Waals surface area contributed by atoms with Crippen LogP contribution in [0.15, 0.2) is 9.52 Å². The first kappa shape index (κ1) is 18.7. The summed E-state index contributed by atoms with van der Waals surface area (Å²) in [6.07, 6.45) is 3.31. The summed E-state index contributed by atoms with van der Waals surface area (Å²) < 4.78 is 15.9. The first-order chi connectivity index (χ1) is 11.7. The number of aromatic nitrogens is 2. The summed E-state index contributed by atoms with van der Waals surface area (Å²) in [5.74, 6) is 2.08. The molecule has 0 atom stereocenters. The maximum Gasteiger partial charge on any atom is 0.223 e. The van der Waals surface area contributed by atoms with Gasteiger partial charge >= 0.3 is 0 Å². The van der Waals surface area contributed by atoms with Gasteiger partial charge in [-0.05, 0) is 26.2 Å². The second-order valence-corrected chi connectivity index (χ2v) is 5.80. The maximum atomic E-state index is 5.91. The predicted octanol–water partition coefficient (Wildman–Crippen LogP) is 1.36. The number of ether oxygens (including phenoxy) is 2. The molecule has 8 nitrogen and oxygen atoms in total. The van der Waals surface area contributed by atoms with Crippen LogP contribution >= 0.6 is 0 Å². The molecule has 1 aliphatic heterocycles. The molecule has 0 saturated carbocycles. The average Bonchev–Trinajstić information content (AvgIpc) is 3.01. The van der Waals surface area contributed by atoms with Crippen molar-refractivity contribution in [3.63, 3.8) is 0 Å². The fourth-order valence-electron chi connectivity index (χ4n) is 2.66. The second kappa shape index (κ2) is 10.2. The lowest BCUT2D eigenvalue weighted by Gasteiger charge is -2.34. The lowest BCUT2D eigenvalue weighted by Crippen LogP contribution is -2.47. The van der Waals surface area contributed by atoms with Gasteiger partial charge in [0, 0.05) is 46.9 Å². The van der Waals surface area contributed by atoms with Crippen LogP contribution in [0.5, 0.6) is 0 Å². The number of aliphatic imine (C=N–C) groups is 1. The summed E-state index contributed by atoms with van der Waals surface area (Å²) >= 11 is 0. The third-order valence-corrected chi connectivity index (χ3v) is 3.86. The molecule has 1 aromatic heterocycles. The van der Waals surface area contributed by atoms with E-state index in [1.165, 1.54) is 0 Å². The summed E-state index contributed by atoms with van der Waals surface area (Å²) in [5.41, 5.74) is 0. The van der Waals surface area contributed by atoms with Crippen LogP contribution in [0.1, 0.15) is 37.9 Å². The van der Waals surface area contributed by atoms with Crippen molar-refractivity contribution in [3.8, 4) is 0 Å². The Hall–Kier alpha value is -1.67. The van der Waals surface area contributed by atoms with Crippen LogP contribution in [-0.2, 0) is 16.0 Å². The SMILES string of the molecule is CCNC(=NCc1noc(C)n1)N1CCC(OCCCOC)CC1. The van der Waals surface area contributed by atoms with Crippen molar-refractivity contribution in [1.29, 1.82) is 0 Å². The largest absolute Gasteiger partial charge is 0.385 e. The predicted molar refractivity (Wildman–Crippen MR) is 90.9 cm³/mol. The Kier molecular flexibility index (Phi) is 7.97. The zero-order valence-corrected chi connectivity index (χ0v) is 15.0. The van der Waals surface area contributed by atoms with Crippen molar-refractivity contribution in [1.82, 2.24) is 20.4 Å². The van der Waals surface area contributed by atoms with Crippen LogP contribution in [0.2, 0.25) is 0 Å². The highest BCUT2D eigenvalue weighted by Gasteiger charge is 2.21. The Bertz CT molecular complexity index is 498. The molecule has 1 aliphatic rings. The van der Waals surface area contributed by atoms with E-state index in [2.05, 4.69) is 32.3 Å². The van der Waals surface area contributed by atoms with E-state index in [1.54, 1.807) is 14.0 Å². The van der Waals surface area contributed by atoms with E-state index in [1.807, 2.05) is 0 Å². The zero-order chi connectivity index (χ0) is 17.2. The number of nitrogens with zero attached hydrogens (tertiary/aromatic N) is 4. The molecule has 0 aromatic carbocycles. The fraction of sp³-hybridized carbons (Fsp3) is 0.812. The van der Waals surface area contributed by atoms with Gasteiger partial charge in [0.05, 0.1) is 6.10 Å². The number of hydrogen-bond donors (Lipinski definition) is 1. The van der Waals surface area contributed by atoms with E-state index in [-0.39, 0.29) is 0 Å². The number of methoxy groups -OCH3 is 1. The molecule has 1 aromatic rings. The molecule has 0 spiro atoms. The quantitative estimate of drug-likeness (QED) is 0.435. The number of likely N-dealkylation sites (tertiary alicyclic amines) is 1. The molecule has 2 rings (SSSR count). The van der Waals surface area contributed by atoms with Crippen LogP contribution < -0.4 is 5.32 Å². The molecule has 1 saturated heterocycles. The molecule has 0 bridgehead atoms. The Morgan fingerprint density at radius 2 is 2.17 bits per heavy atom. The zero-order valence-electron chi connectivity index (χ0n) is 15.0. The highest BCUT2D eigenvalue weighted by Crippen LogP contribution is 2.14. The molecule has 24 heavy (non-hydrogen) atoms. The van der Waals surface area contributed by atoms with E-state index >= 15 is 0 Å². The number of hydrogen-bond acceptors (Lipinski definition) is 6. The standard InChI is InChI=1S/C16H29N5O3/c1-4-17-16(18-12-15-19-13(2)24-20-15)21-8-6-14(7-9-21)23-11-5-10-22-3/h14H,4-12H2,1-3H3,(H,17,18). The topological polar surface area (TPSA) is 85.0 Å². The molecule has 8 heteroatoms. The third kappa shape index (κ3) is 6.09. The Morgan fingerprint density at radius 1 is 1.38 bits per heavy atom. The Balaban J connectivity index is 1.79. The van der Waals surface area contributed by atoms with Crippen LogP contribution in [0, 0.1) is 6.92 Å². The van der Waals surface area contributed by atoms with Crippen molar-refractivity contribution in [3.05, 3.63) is 11.7 Å². The monoisotopic (exact) mass is 339 g/mol. The minimum atomic E-state index is 0.334. The summed E-state index contributed by atoms with van der Waals surface area (Å²) in [6.45, 7) is 8.50. The molecule has 136 valence electrons. The summed E-state index contributed by atoms with van der Waals surface area (Å²) in [4.78, 5) is 11.1. The van der Waals surface area contributed by atoms with Gasteiger partial charge in [-0.15, -0.1) is 0 Å². The smallest absolute Gasteiger partial charge is 0.223 e. The molecular formula is C16H29N5O3. The summed E-state index contributed by atoms with van der Waals surface area (Å²) in [7, 11) is 1.72. The summed E-state index contributed by atoms with van der Waals surface area (Å²) in [5, 5.41) is 7.22. The van der Waals surface area contributed by atoms with Crippen LogP contribution in [0.4, 0.5) is 0 Å². The summed E-state index contributed by atoms with van der Waals surface area (Å²) in [6, 6.07) is 0. The third-order valence-electron chi connectivity index (χ3n) is 3.86. The van der Waals surface area contributed by atoms with Crippen LogP contribution in [0.3, 0.4) is 0 Å². The highest BCUT2D eigenvalue weighted by molar-refractivity contribution is 5.80. The van der Waals surface area contributed by atoms with E-state index < -0.39 is 0 Å². The molecule has 0 amide bonds. The van der Waals surface area contributed by atoms with Crippen LogP contribution in [-0.4, -0.2) is 67.1 Å². The molecule has 1 N–H and O–H groups in total. The van der Waals surface area contributed by atoms with Crippen molar-refractivity contribution >= 4 is 5.96 Å². The first-order valence-electron chi connectivity index (χ1n) is 8.66. The number of guanidine groups is 1. The minimum absolute atomic E-state index is 0.334. The molecular weight excluding hydrogens is 310 g/mol. The van der Waals surface area contributed by atoms with Gasteiger partial charge in [-0.25, -0.2) is 4.99 Å². The highest BCUT2D eigenvalue weighted by atomic mass is 16.5.